The molecular formula is C29H39N3O5. The summed E-state index contributed by atoms with van der Waals surface area (Å²) in [6.45, 7) is 7.20. The lowest BCUT2D eigenvalue weighted by Crippen LogP contribution is -2.47. The molecule has 2 aliphatic rings. The van der Waals surface area contributed by atoms with Gasteiger partial charge in [-0.3, -0.25) is 14.5 Å². The average molecular weight is 510 g/mol. The van der Waals surface area contributed by atoms with Crippen molar-refractivity contribution < 1.29 is 23.8 Å². The van der Waals surface area contributed by atoms with Gasteiger partial charge in [0, 0.05) is 51.6 Å². The highest BCUT2D eigenvalue weighted by Gasteiger charge is 2.31. The molecule has 0 saturated heterocycles. The van der Waals surface area contributed by atoms with Crippen LogP contribution < -0.4 is 14.8 Å². The molecule has 1 heterocycles. The van der Waals surface area contributed by atoms with Crippen LogP contribution in [0.1, 0.15) is 47.4 Å². The summed E-state index contributed by atoms with van der Waals surface area (Å²) in [7, 11) is 5.04. The minimum Gasteiger partial charge on any atom is -0.496 e. The Bertz CT molecular complexity index is 1100. The van der Waals surface area contributed by atoms with Crippen LogP contribution in [0.15, 0.2) is 42.5 Å². The topological polar surface area (TPSA) is 80.3 Å². The first-order valence-electron chi connectivity index (χ1n) is 13.0. The van der Waals surface area contributed by atoms with E-state index in [2.05, 4.69) is 24.1 Å². The van der Waals surface area contributed by atoms with Crippen molar-refractivity contribution in [3.8, 4) is 11.5 Å². The Morgan fingerprint density at radius 2 is 1.86 bits per heavy atom. The lowest BCUT2D eigenvalue weighted by Gasteiger charge is -2.36. The summed E-state index contributed by atoms with van der Waals surface area (Å²) in [5.41, 5.74) is 1.43. The molecule has 8 heteroatoms. The number of nitrogens with zero attached hydrogens (tertiary/aromatic N) is 2. The van der Waals surface area contributed by atoms with Gasteiger partial charge in [0.25, 0.3) is 11.8 Å². The van der Waals surface area contributed by atoms with Gasteiger partial charge in [-0.2, -0.15) is 0 Å². The van der Waals surface area contributed by atoms with Gasteiger partial charge >= 0.3 is 0 Å². The summed E-state index contributed by atoms with van der Waals surface area (Å²) in [5, 5.41) is 2.92. The smallest absolute Gasteiger partial charge is 0.259 e. The maximum Gasteiger partial charge on any atom is 0.259 e. The zero-order chi connectivity index (χ0) is 26.5. The van der Waals surface area contributed by atoms with Crippen LogP contribution in [0.2, 0.25) is 0 Å². The molecule has 1 N–H and O–H groups in total. The summed E-state index contributed by atoms with van der Waals surface area (Å²) < 4.78 is 17.4. The number of nitrogens with one attached hydrogen (secondary N) is 1. The zero-order valence-corrected chi connectivity index (χ0v) is 22.5. The van der Waals surface area contributed by atoms with Gasteiger partial charge in [-0.1, -0.05) is 19.1 Å². The number of methoxy groups -OCH3 is 2. The van der Waals surface area contributed by atoms with Crippen LogP contribution >= 0.6 is 0 Å². The van der Waals surface area contributed by atoms with E-state index in [1.54, 1.807) is 55.5 Å². The number of benzene rings is 2. The Labute approximate surface area is 219 Å². The van der Waals surface area contributed by atoms with E-state index in [0.717, 1.165) is 19.0 Å². The Hall–Kier alpha value is -3.10. The van der Waals surface area contributed by atoms with E-state index in [1.807, 2.05) is 6.07 Å². The third kappa shape index (κ3) is 6.62. The summed E-state index contributed by atoms with van der Waals surface area (Å²) >= 11 is 0. The molecule has 2 aromatic rings. The summed E-state index contributed by atoms with van der Waals surface area (Å²) in [6, 6.07) is 12.4. The number of anilines is 1. The first-order chi connectivity index (χ1) is 17.8. The fourth-order valence-corrected chi connectivity index (χ4v) is 4.84. The standard InChI is InChI=1S/C29H39N3O5/c1-19-15-32(16-21-10-11-21)20(2)18-37-26-14-22(30-28(33)23-8-6-7-9-25(23)35-4)12-13-24(26)29(34)31(3)17-27(19)36-5/h6-9,12-14,19-21,27H,10-11,15-18H2,1-5H3,(H,30,33)/t19-,20+,27-/m1/s1. The van der Waals surface area contributed by atoms with Gasteiger partial charge in [0.05, 0.1) is 24.3 Å². The van der Waals surface area contributed by atoms with Crippen molar-refractivity contribution in [2.75, 3.05) is 52.8 Å². The number of para-hydroxylation sites is 1. The summed E-state index contributed by atoms with van der Waals surface area (Å²) in [4.78, 5) is 30.6. The number of carbonyl (C=O) groups is 2. The third-order valence-corrected chi connectivity index (χ3v) is 7.37. The fraction of sp³-hybridized carbons (Fsp3) is 0.517. The lowest BCUT2D eigenvalue weighted by atomic mass is 10.0. The number of fused-ring (bicyclic) bond motifs is 1. The first kappa shape index (κ1) is 26.9. The molecule has 0 bridgehead atoms. The number of hydrogen-bond donors (Lipinski definition) is 1. The second-order valence-corrected chi connectivity index (χ2v) is 10.4. The molecular weight excluding hydrogens is 470 g/mol. The van der Waals surface area contributed by atoms with Crippen molar-refractivity contribution in [3.63, 3.8) is 0 Å². The summed E-state index contributed by atoms with van der Waals surface area (Å²) in [5.74, 6) is 1.51. The van der Waals surface area contributed by atoms with Gasteiger partial charge in [0.1, 0.15) is 18.1 Å². The first-order valence-corrected chi connectivity index (χ1v) is 13.0. The van der Waals surface area contributed by atoms with Crippen molar-refractivity contribution in [3.05, 3.63) is 53.6 Å². The predicted molar refractivity (Wildman–Crippen MR) is 144 cm³/mol. The van der Waals surface area contributed by atoms with Crippen molar-refractivity contribution >= 4 is 17.5 Å². The second kappa shape index (κ2) is 12.0. The van der Waals surface area contributed by atoms with Gasteiger partial charge in [-0.25, -0.2) is 0 Å². The molecule has 1 saturated carbocycles. The van der Waals surface area contributed by atoms with E-state index in [-0.39, 0.29) is 29.9 Å². The highest BCUT2D eigenvalue weighted by atomic mass is 16.5. The van der Waals surface area contributed by atoms with E-state index in [0.29, 0.717) is 41.5 Å². The van der Waals surface area contributed by atoms with Crippen LogP contribution in [-0.2, 0) is 4.74 Å². The van der Waals surface area contributed by atoms with Crippen molar-refractivity contribution in [2.24, 2.45) is 11.8 Å². The zero-order valence-electron chi connectivity index (χ0n) is 22.5. The molecule has 4 rings (SSSR count). The quantitative estimate of drug-likeness (QED) is 0.630. The maximum absolute atomic E-state index is 13.4. The van der Waals surface area contributed by atoms with Crippen LogP contribution in [0, 0.1) is 11.8 Å². The largest absolute Gasteiger partial charge is 0.496 e. The molecule has 2 aromatic carbocycles. The van der Waals surface area contributed by atoms with Gasteiger partial charge in [0.2, 0.25) is 0 Å². The molecule has 1 fully saturated rings. The van der Waals surface area contributed by atoms with Gasteiger partial charge in [-0.15, -0.1) is 0 Å². The fourth-order valence-electron chi connectivity index (χ4n) is 4.84. The van der Waals surface area contributed by atoms with E-state index in [9.17, 15) is 9.59 Å². The molecule has 0 spiro atoms. The number of ether oxygens (including phenoxy) is 3. The summed E-state index contributed by atoms with van der Waals surface area (Å²) in [6.07, 6.45) is 2.48. The number of likely N-dealkylation sites (N-methyl/N-ethyl adjacent to an activating group) is 1. The normalized spacial score (nSPS) is 23.3. The van der Waals surface area contributed by atoms with E-state index >= 15 is 0 Å². The van der Waals surface area contributed by atoms with E-state index in [1.165, 1.54) is 20.0 Å². The van der Waals surface area contributed by atoms with Crippen LogP contribution in [0.3, 0.4) is 0 Å². The molecule has 0 aromatic heterocycles. The molecule has 3 atom stereocenters. The molecule has 0 unspecified atom stereocenters. The Morgan fingerprint density at radius 1 is 1.11 bits per heavy atom. The van der Waals surface area contributed by atoms with E-state index < -0.39 is 0 Å². The minimum atomic E-state index is -0.296. The molecule has 37 heavy (non-hydrogen) atoms. The molecule has 8 nitrogen and oxygen atoms in total. The highest BCUT2D eigenvalue weighted by Crippen LogP contribution is 2.32. The minimum absolute atomic E-state index is 0.0777. The third-order valence-electron chi connectivity index (χ3n) is 7.37. The van der Waals surface area contributed by atoms with Crippen molar-refractivity contribution in [1.29, 1.82) is 0 Å². The second-order valence-electron chi connectivity index (χ2n) is 10.4. The van der Waals surface area contributed by atoms with Gasteiger partial charge in [0.15, 0.2) is 0 Å². The van der Waals surface area contributed by atoms with Crippen molar-refractivity contribution in [2.45, 2.75) is 38.8 Å². The van der Waals surface area contributed by atoms with E-state index in [4.69, 9.17) is 14.2 Å². The average Bonchev–Trinajstić information content (AvgIpc) is 3.73. The lowest BCUT2D eigenvalue weighted by molar-refractivity contribution is 0.00994. The van der Waals surface area contributed by atoms with Gasteiger partial charge in [-0.05, 0) is 55.9 Å². The van der Waals surface area contributed by atoms with Crippen LogP contribution in [0.5, 0.6) is 11.5 Å². The SMILES string of the molecule is COc1ccccc1C(=O)Nc1ccc2c(c1)OC[C@H](C)N(CC1CC1)C[C@@H](C)[C@H](OC)CN(C)C2=O. The van der Waals surface area contributed by atoms with Crippen LogP contribution in [0.4, 0.5) is 5.69 Å². The molecule has 2 amide bonds. The molecule has 1 aliphatic heterocycles. The molecule has 0 radical (unpaired) electrons. The van der Waals surface area contributed by atoms with Crippen molar-refractivity contribution in [1.82, 2.24) is 9.80 Å². The van der Waals surface area contributed by atoms with Gasteiger partial charge < -0.3 is 24.4 Å². The number of amides is 2. The van der Waals surface area contributed by atoms with Crippen LogP contribution in [-0.4, -0.2) is 81.3 Å². The number of hydrogen-bond acceptors (Lipinski definition) is 6. The Kier molecular flexibility index (Phi) is 8.71. The Morgan fingerprint density at radius 3 is 2.57 bits per heavy atom. The predicted octanol–water partition coefficient (Wildman–Crippen LogP) is 4.16. The Balaban J connectivity index is 1.61. The number of rotatable bonds is 6. The maximum atomic E-state index is 13.4. The molecule has 200 valence electrons. The van der Waals surface area contributed by atoms with Crippen LogP contribution in [0.25, 0.3) is 0 Å². The monoisotopic (exact) mass is 509 g/mol. The highest BCUT2D eigenvalue weighted by molar-refractivity contribution is 6.06. The number of carbonyl (C=O) groups excluding carboxylic acids is 2. The molecule has 1 aliphatic carbocycles.